The van der Waals surface area contributed by atoms with E-state index < -0.39 is 17.7 Å². The van der Waals surface area contributed by atoms with Gasteiger partial charge < -0.3 is 5.32 Å². The van der Waals surface area contributed by atoms with Crippen molar-refractivity contribution in [1.82, 2.24) is 20.1 Å². The van der Waals surface area contributed by atoms with Gasteiger partial charge in [0.2, 0.25) is 0 Å². The van der Waals surface area contributed by atoms with Crippen LogP contribution >= 0.6 is 0 Å². The van der Waals surface area contributed by atoms with Gasteiger partial charge in [-0.15, -0.1) is 0 Å². The molecule has 0 bridgehead atoms. The van der Waals surface area contributed by atoms with E-state index in [0.29, 0.717) is 17.7 Å². The highest BCUT2D eigenvalue weighted by atomic mass is 19.2. The van der Waals surface area contributed by atoms with E-state index in [1.54, 1.807) is 30.1 Å². The summed E-state index contributed by atoms with van der Waals surface area (Å²) in [6.07, 6.45) is 3.08. The van der Waals surface area contributed by atoms with Crippen molar-refractivity contribution in [1.29, 1.82) is 0 Å². The molecule has 5 nitrogen and oxygen atoms in total. The van der Waals surface area contributed by atoms with Crippen LogP contribution in [0.4, 0.5) is 8.78 Å². The molecule has 128 valence electrons. The molecular weight excluding hydrogens is 326 g/mol. The molecule has 0 saturated carbocycles. The summed E-state index contributed by atoms with van der Waals surface area (Å²) in [6, 6.07) is 10.2. The van der Waals surface area contributed by atoms with Gasteiger partial charge in [0.15, 0.2) is 11.6 Å². The molecule has 2 aromatic carbocycles. The van der Waals surface area contributed by atoms with Crippen LogP contribution in [0.25, 0.3) is 0 Å². The van der Waals surface area contributed by atoms with Gasteiger partial charge >= 0.3 is 0 Å². The third-order valence-corrected chi connectivity index (χ3v) is 3.82. The summed E-state index contributed by atoms with van der Waals surface area (Å²) >= 11 is 0. The Morgan fingerprint density at radius 3 is 2.56 bits per heavy atom. The van der Waals surface area contributed by atoms with Crippen molar-refractivity contribution in [2.75, 3.05) is 0 Å². The van der Waals surface area contributed by atoms with Gasteiger partial charge in [0.1, 0.15) is 12.7 Å². The molecule has 1 aromatic heterocycles. The van der Waals surface area contributed by atoms with Crippen molar-refractivity contribution in [3.8, 4) is 0 Å². The summed E-state index contributed by atoms with van der Waals surface area (Å²) in [5.74, 6) is -2.13. The number of carbonyl (C=O) groups is 1. The second-order valence-corrected chi connectivity index (χ2v) is 5.66. The average Bonchev–Trinajstić information content (AvgIpc) is 3.11. The van der Waals surface area contributed by atoms with Crippen molar-refractivity contribution in [3.63, 3.8) is 0 Å². The van der Waals surface area contributed by atoms with Gasteiger partial charge in [-0.1, -0.05) is 18.2 Å². The number of benzene rings is 2. The summed E-state index contributed by atoms with van der Waals surface area (Å²) in [5.41, 5.74) is 1.96. The third-order valence-electron chi connectivity index (χ3n) is 3.82. The van der Waals surface area contributed by atoms with Crippen LogP contribution < -0.4 is 5.32 Å². The molecule has 0 spiro atoms. The van der Waals surface area contributed by atoms with Gasteiger partial charge in [-0.05, 0) is 42.3 Å². The molecule has 1 heterocycles. The van der Waals surface area contributed by atoms with E-state index in [0.717, 1.165) is 17.7 Å². The Bertz CT molecular complexity index is 863. The minimum atomic E-state index is -0.934. The third kappa shape index (κ3) is 4.06. The highest BCUT2D eigenvalue weighted by Crippen LogP contribution is 2.17. The van der Waals surface area contributed by atoms with Crippen molar-refractivity contribution in [2.45, 2.75) is 19.5 Å². The molecule has 7 heteroatoms. The molecule has 0 saturated heterocycles. The molecule has 1 atom stereocenters. The van der Waals surface area contributed by atoms with E-state index in [2.05, 4.69) is 15.4 Å². The summed E-state index contributed by atoms with van der Waals surface area (Å²) < 4.78 is 28.0. The zero-order valence-electron chi connectivity index (χ0n) is 13.5. The van der Waals surface area contributed by atoms with Crippen molar-refractivity contribution in [2.24, 2.45) is 0 Å². The number of hydrogen-bond donors (Lipinski definition) is 1. The fourth-order valence-electron chi connectivity index (χ4n) is 2.41. The maximum Gasteiger partial charge on any atom is 0.251 e. The van der Waals surface area contributed by atoms with Gasteiger partial charge in [-0.25, -0.2) is 18.4 Å². The van der Waals surface area contributed by atoms with Crippen LogP contribution in [0.2, 0.25) is 0 Å². The first-order valence-corrected chi connectivity index (χ1v) is 7.70. The van der Waals surface area contributed by atoms with E-state index in [-0.39, 0.29) is 5.91 Å². The fourth-order valence-corrected chi connectivity index (χ4v) is 2.41. The standard InChI is InChI=1S/C18H16F2N4O/c1-12(15-6-7-16(19)17(20)8-15)23-18(25)14-4-2-13(3-5-14)9-24-11-21-10-22-24/h2-8,10-12H,9H2,1H3,(H,23,25). The average molecular weight is 342 g/mol. The largest absolute Gasteiger partial charge is 0.346 e. The van der Waals surface area contributed by atoms with Crippen molar-refractivity contribution in [3.05, 3.63) is 83.4 Å². The number of amides is 1. The Morgan fingerprint density at radius 2 is 1.92 bits per heavy atom. The Kier molecular flexibility index (Phi) is 4.83. The molecule has 1 unspecified atom stereocenters. The normalized spacial score (nSPS) is 12.0. The zero-order valence-corrected chi connectivity index (χ0v) is 13.5. The van der Waals surface area contributed by atoms with E-state index in [4.69, 9.17) is 0 Å². The Balaban J connectivity index is 1.65. The fraction of sp³-hybridized carbons (Fsp3) is 0.167. The van der Waals surface area contributed by atoms with Crippen molar-refractivity contribution < 1.29 is 13.6 Å². The summed E-state index contributed by atoms with van der Waals surface area (Å²) in [7, 11) is 0. The lowest BCUT2D eigenvalue weighted by molar-refractivity contribution is 0.0940. The van der Waals surface area contributed by atoms with Gasteiger partial charge in [-0.2, -0.15) is 5.10 Å². The highest BCUT2D eigenvalue weighted by molar-refractivity contribution is 5.94. The maximum absolute atomic E-state index is 13.3. The second kappa shape index (κ2) is 7.21. The van der Waals surface area contributed by atoms with E-state index in [9.17, 15) is 13.6 Å². The number of halogens is 2. The predicted octanol–water partition coefficient (Wildman–Crippen LogP) is 3.10. The number of nitrogens with one attached hydrogen (secondary N) is 1. The zero-order chi connectivity index (χ0) is 17.8. The van der Waals surface area contributed by atoms with Crippen LogP contribution in [-0.2, 0) is 6.54 Å². The summed E-state index contributed by atoms with van der Waals surface area (Å²) in [6.45, 7) is 2.27. The molecule has 0 aliphatic carbocycles. The molecule has 3 aromatic rings. The van der Waals surface area contributed by atoms with Gasteiger partial charge in [0.05, 0.1) is 12.6 Å². The highest BCUT2D eigenvalue weighted by Gasteiger charge is 2.13. The van der Waals surface area contributed by atoms with E-state index in [1.807, 2.05) is 12.1 Å². The predicted molar refractivity (Wildman–Crippen MR) is 87.8 cm³/mol. The lowest BCUT2D eigenvalue weighted by atomic mass is 10.1. The first-order chi connectivity index (χ1) is 12.0. The van der Waals surface area contributed by atoms with Crippen LogP contribution in [0.15, 0.2) is 55.1 Å². The first-order valence-electron chi connectivity index (χ1n) is 7.70. The molecule has 3 rings (SSSR count). The summed E-state index contributed by atoms with van der Waals surface area (Å²) in [4.78, 5) is 16.2. The number of carbonyl (C=O) groups excluding carboxylic acids is 1. The van der Waals surface area contributed by atoms with Gasteiger partial charge in [0, 0.05) is 5.56 Å². The van der Waals surface area contributed by atoms with Crippen LogP contribution in [0.1, 0.15) is 34.5 Å². The number of hydrogen-bond acceptors (Lipinski definition) is 3. The lowest BCUT2D eigenvalue weighted by Crippen LogP contribution is -2.26. The number of rotatable bonds is 5. The smallest absolute Gasteiger partial charge is 0.251 e. The second-order valence-electron chi connectivity index (χ2n) is 5.66. The Hall–Kier alpha value is -3.09. The summed E-state index contributed by atoms with van der Waals surface area (Å²) in [5, 5.41) is 6.79. The topological polar surface area (TPSA) is 59.8 Å². The number of nitrogens with zero attached hydrogens (tertiary/aromatic N) is 3. The Morgan fingerprint density at radius 1 is 1.16 bits per heavy atom. The minimum Gasteiger partial charge on any atom is -0.346 e. The monoisotopic (exact) mass is 342 g/mol. The number of aromatic nitrogens is 3. The first kappa shape index (κ1) is 16.8. The molecule has 0 fully saturated rings. The van der Waals surface area contributed by atoms with E-state index in [1.165, 1.54) is 12.4 Å². The molecule has 1 amide bonds. The quantitative estimate of drug-likeness (QED) is 0.775. The van der Waals surface area contributed by atoms with Gasteiger partial charge in [-0.3, -0.25) is 4.79 Å². The molecule has 25 heavy (non-hydrogen) atoms. The van der Waals surface area contributed by atoms with Crippen molar-refractivity contribution >= 4 is 5.91 Å². The van der Waals surface area contributed by atoms with Crippen LogP contribution in [0.3, 0.4) is 0 Å². The molecule has 0 aliphatic heterocycles. The minimum absolute atomic E-state index is 0.287. The Labute approximate surface area is 143 Å². The molecule has 0 radical (unpaired) electrons. The van der Waals surface area contributed by atoms with Gasteiger partial charge in [0.25, 0.3) is 5.91 Å². The molecular formula is C18H16F2N4O. The lowest BCUT2D eigenvalue weighted by Gasteiger charge is -2.15. The molecule has 0 aliphatic rings. The molecule has 1 N–H and O–H groups in total. The SMILES string of the molecule is CC(NC(=O)c1ccc(Cn2cncn2)cc1)c1ccc(F)c(F)c1. The maximum atomic E-state index is 13.3. The van der Waals surface area contributed by atoms with Crippen LogP contribution in [-0.4, -0.2) is 20.7 Å². The van der Waals surface area contributed by atoms with Crippen LogP contribution in [0, 0.1) is 11.6 Å². The van der Waals surface area contributed by atoms with E-state index >= 15 is 0 Å². The van der Waals surface area contributed by atoms with Crippen LogP contribution in [0.5, 0.6) is 0 Å².